The number of carboxylic acids is 1. The Bertz CT molecular complexity index is 909. The SMILES string of the molecule is CCC(c1cn2cccnc2n1)n1ccc(C)c(C(=O)O)c1=O. The van der Waals surface area contributed by atoms with E-state index in [0.717, 1.165) is 0 Å². The number of pyridine rings is 1. The van der Waals surface area contributed by atoms with Gasteiger partial charge in [0.15, 0.2) is 0 Å². The monoisotopic (exact) mass is 312 g/mol. The average molecular weight is 312 g/mol. The van der Waals surface area contributed by atoms with Gasteiger partial charge in [0.25, 0.3) is 5.56 Å². The van der Waals surface area contributed by atoms with Crippen LogP contribution in [0.5, 0.6) is 0 Å². The molecule has 0 amide bonds. The molecular weight excluding hydrogens is 296 g/mol. The second kappa shape index (κ2) is 5.68. The first-order chi connectivity index (χ1) is 11.0. The topological polar surface area (TPSA) is 89.5 Å². The van der Waals surface area contributed by atoms with Gasteiger partial charge in [-0.15, -0.1) is 0 Å². The summed E-state index contributed by atoms with van der Waals surface area (Å²) in [5, 5.41) is 9.27. The maximum absolute atomic E-state index is 12.6. The summed E-state index contributed by atoms with van der Waals surface area (Å²) >= 11 is 0. The van der Waals surface area contributed by atoms with Crippen molar-refractivity contribution in [2.24, 2.45) is 0 Å². The van der Waals surface area contributed by atoms with Crippen molar-refractivity contribution >= 4 is 11.7 Å². The summed E-state index contributed by atoms with van der Waals surface area (Å²) in [6.07, 6.45) is 7.50. The Morgan fingerprint density at radius 3 is 2.83 bits per heavy atom. The van der Waals surface area contributed by atoms with Crippen molar-refractivity contribution in [2.45, 2.75) is 26.3 Å². The van der Waals surface area contributed by atoms with Crippen LogP contribution >= 0.6 is 0 Å². The standard InChI is InChI=1S/C16H16N4O3/c1-3-12(11-9-19-7-4-6-17-16(19)18-11)20-8-5-10(2)13(14(20)21)15(22)23/h4-9,12H,3H2,1-2H3,(H,22,23). The van der Waals surface area contributed by atoms with E-state index >= 15 is 0 Å². The molecule has 118 valence electrons. The Hall–Kier alpha value is -2.96. The minimum Gasteiger partial charge on any atom is -0.477 e. The van der Waals surface area contributed by atoms with Gasteiger partial charge in [-0.3, -0.25) is 9.20 Å². The Kier molecular flexibility index (Phi) is 3.69. The van der Waals surface area contributed by atoms with Crippen LogP contribution < -0.4 is 5.56 Å². The molecule has 3 aromatic rings. The highest BCUT2D eigenvalue weighted by Gasteiger charge is 2.21. The van der Waals surface area contributed by atoms with Gasteiger partial charge < -0.3 is 9.67 Å². The van der Waals surface area contributed by atoms with Crippen LogP contribution in [0.1, 0.15) is 41.0 Å². The Morgan fingerprint density at radius 2 is 2.17 bits per heavy atom. The maximum atomic E-state index is 12.6. The molecule has 1 unspecified atom stereocenters. The zero-order valence-electron chi connectivity index (χ0n) is 12.8. The second-order valence-electron chi connectivity index (χ2n) is 5.31. The molecule has 1 atom stereocenters. The van der Waals surface area contributed by atoms with Crippen LogP contribution in [0.15, 0.2) is 41.7 Å². The highest BCUT2D eigenvalue weighted by Crippen LogP contribution is 2.20. The predicted molar refractivity (Wildman–Crippen MR) is 83.8 cm³/mol. The van der Waals surface area contributed by atoms with Crippen molar-refractivity contribution in [3.63, 3.8) is 0 Å². The van der Waals surface area contributed by atoms with Gasteiger partial charge in [0.05, 0.1) is 11.7 Å². The fourth-order valence-electron chi connectivity index (χ4n) is 2.70. The Morgan fingerprint density at radius 1 is 1.39 bits per heavy atom. The Balaban J connectivity index is 2.16. The summed E-state index contributed by atoms with van der Waals surface area (Å²) in [5.41, 5.74) is 0.404. The summed E-state index contributed by atoms with van der Waals surface area (Å²) < 4.78 is 3.20. The number of aryl methyl sites for hydroxylation is 1. The third kappa shape index (κ3) is 2.50. The summed E-state index contributed by atoms with van der Waals surface area (Å²) in [6, 6.07) is 3.09. The van der Waals surface area contributed by atoms with Crippen LogP contribution in [0.4, 0.5) is 0 Å². The van der Waals surface area contributed by atoms with Crippen LogP contribution in [-0.4, -0.2) is 30.0 Å². The number of carbonyl (C=O) groups is 1. The normalized spacial score (nSPS) is 12.4. The quantitative estimate of drug-likeness (QED) is 0.794. The lowest BCUT2D eigenvalue weighted by molar-refractivity contribution is 0.0693. The van der Waals surface area contributed by atoms with Crippen molar-refractivity contribution < 1.29 is 9.90 Å². The van der Waals surface area contributed by atoms with Crippen LogP contribution in [0.2, 0.25) is 0 Å². The number of aromatic carboxylic acids is 1. The molecule has 23 heavy (non-hydrogen) atoms. The number of nitrogens with zero attached hydrogens (tertiary/aromatic N) is 4. The predicted octanol–water partition coefficient (Wildman–Crippen LogP) is 1.90. The molecule has 3 heterocycles. The van der Waals surface area contributed by atoms with E-state index < -0.39 is 11.5 Å². The molecule has 0 saturated heterocycles. The van der Waals surface area contributed by atoms with Crippen LogP contribution in [0.25, 0.3) is 5.78 Å². The summed E-state index contributed by atoms with van der Waals surface area (Å²) in [7, 11) is 0. The summed E-state index contributed by atoms with van der Waals surface area (Å²) in [6.45, 7) is 3.54. The molecule has 3 rings (SSSR count). The number of carboxylic acid groups (broad SMARTS) is 1. The van der Waals surface area contributed by atoms with Crippen molar-refractivity contribution in [3.05, 3.63) is 64.1 Å². The van der Waals surface area contributed by atoms with Crippen LogP contribution in [0.3, 0.4) is 0 Å². The highest BCUT2D eigenvalue weighted by atomic mass is 16.4. The molecule has 0 fully saturated rings. The van der Waals surface area contributed by atoms with Gasteiger partial charge in [-0.05, 0) is 31.0 Å². The van der Waals surface area contributed by atoms with Crippen molar-refractivity contribution in [1.29, 1.82) is 0 Å². The second-order valence-corrected chi connectivity index (χ2v) is 5.31. The number of hydrogen-bond acceptors (Lipinski definition) is 4. The molecule has 1 N–H and O–H groups in total. The largest absolute Gasteiger partial charge is 0.477 e. The molecule has 0 saturated carbocycles. The number of hydrogen-bond donors (Lipinski definition) is 1. The minimum absolute atomic E-state index is 0.201. The number of fused-ring (bicyclic) bond motifs is 1. The zero-order chi connectivity index (χ0) is 16.6. The molecule has 7 heteroatoms. The third-order valence-electron chi connectivity index (χ3n) is 3.86. The van der Waals surface area contributed by atoms with Gasteiger partial charge in [-0.1, -0.05) is 6.92 Å². The highest BCUT2D eigenvalue weighted by molar-refractivity contribution is 5.88. The van der Waals surface area contributed by atoms with Gasteiger partial charge in [-0.25, -0.2) is 14.8 Å². The van der Waals surface area contributed by atoms with Gasteiger partial charge in [-0.2, -0.15) is 0 Å². The minimum atomic E-state index is -1.21. The van der Waals surface area contributed by atoms with Gasteiger partial charge in [0, 0.05) is 24.8 Å². The third-order valence-corrected chi connectivity index (χ3v) is 3.86. The van der Waals surface area contributed by atoms with E-state index in [9.17, 15) is 14.7 Å². The Labute approximate surface area is 131 Å². The van der Waals surface area contributed by atoms with E-state index in [1.165, 1.54) is 4.57 Å². The molecular formula is C16H16N4O3. The lowest BCUT2D eigenvalue weighted by Gasteiger charge is -2.17. The van der Waals surface area contributed by atoms with Crippen LogP contribution in [-0.2, 0) is 0 Å². The molecule has 0 aliphatic rings. The van der Waals surface area contributed by atoms with Gasteiger partial charge in [0.2, 0.25) is 5.78 Å². The molecule has 3 aromatic heterocycles. The first-order valence-corrected chi connectivity index (χ1v) is 7.27. The van der Waals surface area contributed by atoms with E-state index in [2.05, 4.69) is 9.97 Å². The molecule has 0 aliphatic heterocycles. The van der Waals surface area contributed by atoms with Crippen molar-refractivity contribution in [2.75, 3.05) is 0 Å². The molecule has 0 aromatic carbocycles. The average Bonchev–Trinajstić information content (AvgIpc) is 2.93. The van der Waals surface area contributed by atoms with E-state index in [0.29, 0.717) is 23.5 Å². The van der Waals surface area contributed by atoms with Gasteiger partial charge >= 0.3 is 5.97 Å². The van der Waals surface area contributed by atoms with Gasteiger partial charge in [0.1, 0.15) is 5.56 Å². The molecule has 0 spiro atoms. The maximum Gasteiger partial charge on any atom is 0.341 e. The fourth-order valence-corrected chi connectivity index (χ4v) is 2.70. The molecule has 0 aliphatic carbocycles. The number of aromatic nitrogens is 4. The summed E-state index contributed by atoms with van der Waals surface area (Å²) in [4.78, 5) is 32.5. The van der Waals surface area contributed by atoms with E-state index in [1.54, 1.807) is 35.9 Å². The first-order valence-electron chi connectivity index (χ1n) is 7.27. The zero-order valence-corrected chi connectivity index (χ0v) is 12.8. The van der Waals surface area contributed by atoms with Crippen molar-refractivity contribution in [3.8, 4) is 0 Å². The molecule has 7 nitrogen and oxygen atoms in total. The van der Waals surface area contributed by atoms with E-state index in [-0.39, 0.29) is 11.6 Å². The number of rotatable bonds is 4. The lowest BCUT2D eigenvalue weighted by Crippen LogP contribution is -2.30. The fraction of sp³-hybridized carbons (Fsp3) is 0.250. The van der Waals surface area contributed by atoms with Crippen LogP contribution in [0, 0.1) is 6.92 Å². The van der Waals surface area contributed by atoms with Crippen molar-refractivity contribution in [1.82, 2.24) is 18.9 Å². The molecule has 0 radical (unpaired) electrons. The summed E-state index contributed by atoms with van der Waals surface area (Å²) in [5.74, 6) is -0.673. The van der Waals surface area contributed by atoms with E-state index in [4.69, 9.17) is 0 Å². The smallest absolute Gasteiger partial charge is 0.341 e. The van der Waals surface area contributed by atoms with E-state index in [1.807, 2.05) is 19.3 Å². The first kappa shape index (κ1) is 15.0. The number of imidazole rings is 1. The lowest BCUT2D eigenvalue weighted by atomic mass is 10.1. The molecule has 0 bridgehead atoms.